The lowest BCUT2D eigenvalue weighted by Crippen LogP contribution is -2.45. The molecule has 72 valence electrons. The third-order valence-electron chi connectivity index (χ3n) is 1.12. The molecule has 1 amide bonds. The highest BCUT2D eigenvalue weighted by Crippen LogP contribution is 2.13. The molecule has 0 aromatic heterocycles. The first-order chi connectivity index (χ1) is 5.39. The van der Waals surface area contributed by atoms with Crippen LogP contribution in [-0.4, -0.2) is 35.0 Å². The number of nitrogens with two attached hydrogens (primary N) is 1. The third-order valence-corrected chi connectivity index (χ3v) is 1.12. The first-order valence-corrected chi connectivity index (χ1v) is 3.75. The fraction of sp³-hybridized carbons (Fsp3) is 0.857. The van der Waals surface area contributed by atoms with Gasteiger partial charge in [0.05, 0.1) is 12.1 Å². The van der Waals surface area contributed by atoms with E-state index in [2.05, 4.69) is 0 Å². The molecule has 0 fully saturated rings. The van der Waals surface area contributed by atoms with E-state index in [1.165, 1.54) is 0 Å². The maximum Gasteiger partial charge on any atom is 0.431 e. The Morgan fingerprint density at radius 3 is 2.33 bits per heavy atom. The summed E-state index contributed by atoms with van der Waals surface area (Å²) < 4.78 is 0. The van der Waals surface area contributed by atoms with Gasteiger partial charge in [-0.25, -0.2) is 4.79 Å². The van der Waals surface area contributed by atoms with Gasteiger partial charge in [-0.05, 0) is 20.8 Å². The SMILES string of the molecule is CC(C)(C)N(OCCN)C(=O)O. The molecule has 0 atom stereocenters. The topological polar surface area (TPSA) is 75.8 Å². The second-order valence-corrected chi connectivity index (χ2v) is 3.37. The number of hydroxylamine groups is 2. The van der Waals surface area contributed by atoms with Crippen LogP contribution < -0.4 is 5.73 Å². The molecule has 0 heterocycles. The maximum atomic E-state index is 10.6. The minimum Gasteiger partial charge on any atom is -0.463 e. The fourth-order valence-corrected chi connectivity index (χ4v) is 0.680. The van der Waals surface area contributed by atoms with Gasteiger partial charge in [-0.1, -0.05) is 0 Å². The zero-order valence-electron chi connectivity index (χ0n) is 7.70. The number of hydrogen-bond acceptors (Lipinski definition) is 3. The van der Waals surface area contributed by atoms with Crippen LogP contribution in [0.3, 0.4) is 0 Å². The van der Waals surface area contributed by atoms with Crippen LogP contribution >= 0.6 is 0 Å². The molecule has 0 aromatic carbocycles. The van der Waals surface area contributed by atoms with Gasteiger partial charge in [0.15, 0.2) is 0 Å². The van der Waals surface area contributed by atoms with Crippen molar-refractivity contribution in [3.05, 3.63) is 0 Å². The summed E-state index contributed by atoms with van der Waals surface area (Å²) in [6, 6.07) is 0. The Morgan fingerprint density at radius 2 is 2.08 bits per heavy atom. The largest absolute Gasteiger partial charge is 0.463 e. The van der Waals surface area contributed by atoms with E-state index in [1.807, 2.05) is 0 Å². The van der Waals surface area contributed by atoms with Gasteiger partial charge in [-0.2, -0.15) is 5.06 Å². The molecule has 0 aliphatic rings. The first kappa shape index (κ1) is 11.2. The smallest absolute Gasteiger partial charge is 0.431 e. The van der Waals surface area contributed by atoms with Crippen LogP contribution in [0.1, 0.15) is 20.8 Å². The molecule has 0 rings (SSSR count). The zero-order chi connectivity index (χ0) is 9.78. The number of amides is 1. The van der Waals surface area contributed by atoms with E-state index in [0.29, 0.717) is 6.54 Å². The predicted molar refractivity (Wildman–Crippen MR) is 44.6 cm³/mol. The Morgan fingerprint density at radius 1 is 1.58 bits per heavy atom. The molecule has 0 aliphatic heterocycles. The lowest BCUT2D eigenvalue weighted by atomic mass is 10.1. The van der Waals surface area contributed by atoms with E-state index in [1.54, 1.807) is 20.8 Å². The Bertz CT molecular complexity index is 153. The lowest BCUT2D eigenvalue weighted by molar-refractivity contribution is -0.176. The van der Waals surface area contributed by atoms with E-state index in [0.717, 1.165) is 5.06 Å². The summed E-state index contributed by atoms with van der Waals surface area (Å²) in [6.45, 7) is 5.76. The van der Waals surface area contributed by atoms with Gasteiger partial charge >= 0.3 is 6.09 Å². The molecular weight excluding hydrogens is 160 g/mol. The van der Waals surface area contributed by atoms with Crippen molar-refractivity contribution in [2.45, 2.75) is 26.3 Å². The van der Waals surface area contributed by atoms with Gasteiger partial charge in [0, 0.05) is 6.54 Å². The van der Waals surface area contributed by atoms with E-state index in [-0.39, 0.29) is 6.61 Å². The van der Waals surface area contributed by atoms with Crippen LogP contribution in [0.5, 0.6) is 0 Å². The van der Waals surface area contributed by atoms with Crippen molar-refractivity contribution >= 4 is 6.09 Å². The van der Waals surface area contributed by atoms with E-state index < -0.39 is 11.6 Å². The molecule has 0 spiro atoms. The van der Waals surface area contributed by atoms with Crippen LogP contribution in [0.15, 0.2) is 0 Å². The zero-order valence-corrected chi connectivity index (χ0v) is 7.70. The highest BCUT2D eigenvalue weighted by atomic mass is 16.7. The van der Waals surface area contributed by atoms with Crippen LogP contribution in [0, 0.1) is 0 Å². The summed E-state index contributed by atoms with van der Waals surface area (Å²) in [5.74, 6) is 0. The van der Waals surface area contributed by atoms with Gasteiger partial charge in [-0.3, -0.25) is 4.84 Å². The Kier molecular flexibility index (Phi) is 3.99. The minimum atomic E-state index is -1.10. The first-order valence-electron chi connectivity index (χ1n) is 3.75. The van der Waals surface area contributed by atoms with Crippen molar-refractivity contribution in [1.82, 2.24) is 5.06 Å². The molecule has 0 saturated heterocycles. The second kappa shape index (κ2) is 4.27. The van der Waals surface area contributed by atoms with Crippen LogP contribution in [0.4, 0.5) is 4.79 Å². The number of rotatable bonds is 3. The summed E-state index contributed by atoms with van der Waals surface area (Å²) in [5.41, 5.74) is 4.62. The molecule has 0 radical (unpaired) electrons. The third kappa shape index (κ3) is 3.54. The fourth-order valence-electron chi connectivity index (χ4n) is 0.680. The van der Waals surface area contributed by atoms with E-state index in [9.17, 15) is 4.79 Å². The maximum absolute atomic E-state index is 10.6. The average Bonchev–Trinajstić information content (AvgIpc) is 1.84. The molecule has 0 unspecified atom stereocenters. The van der Waals surface area contributed by atoms with Gasteiger partial charge in [0.2, 0.25) is 0 Å². The molecule has 5 nitrogen and oxygen atoms in total. The highest BCUT2D eigenvalue weighted by Gasteiger charge is 2.27. The molecular formula is C7H16N2O3. The molecule has 0 bridgehead atoms. The average molecular weight is 176 g/mol. The molecule has 0 aromatic rings. The summed E-state index contributed by atoms with van der Waals surface area (Å²) in [6.07, 6.45) is -1.10. The Hall–Kier alpha value is -0.810. The predicted octanol–water partition coefficient (Wildman–Crippen LogP) is 0.655. The van der Waals surface area contributed by atoms with Crippen molar-refractivity contribution < 1.29 is 14.7 Å². The van der Waals surface area contributed by atoms with Crippen molar-refractivity contribution in [2.75, 3.05) is 13.2 Å². The lowest BCUT2D eigenvalue weighted by Gasteiger charge is -2.31. The van der Waals surface area contributed by atoms with Gasteiger partial charge in [0.25, 0.3) is 0 Å². The van der Waals surface area contributed by atoms with E-state index in [4.69, 9.17) is 15.7 Å². The van der Waals surface area contributed by atoms with Gasteiger partial charge < -0.3 is 10.8 Å². The monoisotopic (exact) mass is 176 g/mol. The van der Waals surface area contributed by atoms with Crippen molar-refractivity contribution in [3.8, 4) is 0 Å². The Labute approximate surface area is 72.1 Å². The number of carbonyl (C=O) groups is 1. The van der Waals surface area contributed by atoms with Gasteiger partial charge in [-0.15, -0.1) is 0 Å². The summed E-state index contributed by atoms with van der Waals surface area (Å²) in [4.78, 5) is 15.5. The number of nitrogens with zero attached hydrogens (tertiary/aromatic N) is 1. The van der Waals surface area contributed by atoms with Crippen LogP contribution in [0.2, 0.25) is 0 Å². The summed E-state index contributed by atoms with van der Waals surface area (Å²) >= 11 is 0. The molecule has 3 N–H and O–H groups in total. The molecule has 12 heavy (non-hydrogen) atoms. The van der Waals surface area contributed by atoms with Crippen LogP contribution in [-0.2, 0) is 4.84 Å². The number of hydrogen-bond donors (Lipinski definition) is 2. The minimum absolute atomic E-state index is 0.212. The van der Waals surface area contributed by atoms with Crippen molar-refractivity contribution in [1.29, 1.82) is 0 Å². The molecule has 0 saturated carbocycles. The number of carboxylic acid groups (broad SMARTS) is 1. The van der Waals surface area contributed by atoms with Gasteiger partial charge in [0.1, 0.15) is 0 Å². The highest BCUT2D eigenvalue weighted by molar-refractivity contribution is 5.64. The Balaban J connectivity index is 4.15. The molecule has 5 heteroatoms. The normalized spacial score (nSPS) is 11.3. The van der Waals surface area contributed by atoms with E-state index >= 15 is 0 Å². The quantitative estimate of drug-likeness (QED) is 0.619. The van der Waals surface area contributed by atoms with Crippen molar-refractivity contribution in [2.24, 2.45) is 5.73 Å². The van der Waals surface area contributed by atoms with Crippen molar-refractivity contribution in [3.63, 3.8) is 0 Å². The van der Waals surface area contributed by atoms with Crippen LogP contribution in [0.25, 0.3) is 0 Å². The standard InChI is InChI=1S/C7H16N2O3/c1-7(2,3)9(6(10)11)12-5-4-8/h4-5,8H2,1-3H3,(H,10,11). The molecule has 0 aliphatic carbocycles. The summed E-state index contributed by atoms with van der Waals surface area (Å²) in [7, 11) is 0. The second-order valence-electron chi connectivity index (χ2n) is 3.37. The summed E-state index contributed by atoms with van der Waals surface area (Å²) in [5, 5.41) is 9.60.